The summed E-state index contributed by atoms with van der Waals surface area (Å²) in [5, 5.41) is 0. The molecule has 1 aromatic carbocycles. The largest absolute Gasteiger partial charge is 0.292 e. The summed E-state index contributed by atoms with van der Waals surface area (Å²) in [5.74, 6) is 0. The summed E-state index contributed by atoms with van der Waals surface area (Å²) in [6, 6.07) is 14.8. The van der Waals surface area contributed by atoms with E-state index in [0.717, 1.165) is 39.3 Å². The molecule has 0 N–H and O–H groups in total. The average Bonchev–Trinajstić information content (AvgIpc) is 3.79. The molecule has 6 rings (SSSR count). The Morgan fingerprint density at radius 2 is 0.976 bits per heavy atom. The van der Waals surface area contributed by atoms with Gasteiger partial charge in [0.05, 0.1) is 16.9 Å². The van der Waals surface area contributed by atoms with Crippen LogP contribution in [0.15, 0.2) is 48.1 Å². The molecule has 0 radical (unpaired) electrons. The fraction of sp³-hybridized carbons (Fsp3) is 0.600. The van der Waals surface area contributed by atoms with Gasteiger partial charge in [0.1, 0.15) is 0 Å². The third-order valence-corrected chi connectivity index (χ3v) is 8.05. The first-order valence-electron chi connectivity index (χ1n) is 15.9. The fourth-order valence-corrected chi connectivity index (χ4v) is 5.46. The van der Waals surface area contributed by atoms with Gasteiger partial charge in [-0.2, -0.15) is 0 Å². The number of aromatic nitrogens is 2. The van der Waals surface area contributed by atoms with Gasteiger partial charge in [0, 0.05) is 68.5 Å². The van der Waals surface area contributed by atoms with E-state index in [9.17, 15) is 0 Å². The minimum absolute atomic E-state index is 0.624. The van der Waals surface area contributed by atoms with Crippen molar-refractivity contribution in [2.75, 3.05) is 0 Å². The minimum Gasteiger partial charge on any atom is -0.292 e. The van der Waals surface area contributed by atoms with E-state index in [1.165, 1.54) is 33.0 Å². The number of nitrogens with zero attached hydrogens (tertiary/aromatic N) is 5. The monoisotopic (exact) mass is 581 g/mol. The molecule has 5 nitrogen and oxygen atoms in total. The van der Waals surface area contributed by atoms with Crippen LogP contribution < -0.4 is 0 Å². The molecule has 0 bridgehead atoms. The van der Waals surface area contributed by atoms with Crippen LogP contribution in [0.5, 0.6) is 0 Å². The van der Waals surface area contributed by atoms with Gasteiger partial charge in [-0.3, -0.25) is 19.7 Å². The quantitative estimate of drug-likeness (QED) is 0.308. The lowest BCUT2D eigenvalue weighted by atomic mass is 10.1. The number of hydrogen-bond donors (Lipinski definition) is 0. The van der Waals surface area contributed by atoms with Crippen molar-refractivity contribution in [3.63, 3.8) is 0 Å². The Morgan fingerprint density at radius 3 is 1.46 bits per heavy atom. The Morgan fingerprint density at radius 1 is 0.537 bits per heavy atom. The molecule has 3 aliphatic heterocycles. The van der Waals surface area contributed by atoms with Gasteiger partial charge >= 0.3 is 0 Å². The van der Waals surface area contributed by atoms with Crippen molar-refractivity contribution in [1.82, 2.24) is 24.7 Å². The molecule has 6 heteroatoms. The minimum atomic E-state index is 0.624. The molecular weight excluding hydrogens is 522 g/mol. The lowest BCUT2D eigenvalue weighted by Gasteiger charge is -2.18. The highest BCUT2D eigenvalue weighted by molar-refractivity contribution is 7.09. The highest BCUT2D eigenvalue weighted by Gasteiger charge is 2.23. The smallest absolute Gasteiger partial charge is 0.0798 e. The van der Waals surface area contributed by atoms with E-state index in [-0.39, 0.29) is 0 Å². The van der Waals surface area contributed by atoms with Gasteiger partial charge < -0.3 is 0 Å². The summed E-state index contributed by atoms with van der Waals surface area (Å²) in [5.41, 5.74) is 8.90. The summed E-state index contributed by atoms with van der Waals surface area (Å²) < 4.78 is 0. The molecule has 0 spiro atoms. The third-order valence-electron chi connectivity index (χ3n) is 7.19. The summed E-state index contributed by atoms with van der Waals surface area (Å²) in [6.07, 6.45) is 1.88. The zero-order chi connectivity index (χ0) is 30.9. The number of fused-ring (bicyclic) bond motifs is 3. The van der Waals surface area contributed by atoms with E-state index in [2.05, 4.69) is 96.5 Å². The molecule has 230 valence electrons. The van der Waals surface area contributed by atoms with E-state index in [4.69, 9.17) is 0 Å². The molecule has 41 heavy (non-hydrogen) atoms. The van der Waals surface area contributed by atoms with E-state index in [1.807, 2.05) is 59.3 Å². The molecule has 0 aliphatic carbocycles. The van der Waals surface area contributed by atoms with Crippen molar-refractivity contribution in [2.45, 2.75) is 140 Å². The maximum absolute atomic E-state index is 4.35. The predicted octanol–water partition coefficient (Wildman–Crippen LogP) is 9.16. The van der Waals surface area contributed by atoms with Crippen molar-refractivity contribution >= 4 is 11.3 Å². The standard InChI is InChI=1S/C11H15N.C10H14N2.C8H12N2S.3C2H6/c1-9(2)12-7-10-5-3-4-6-11(10)8-12;1-8(2)12-6-9-4-3-5-11-10(9)7-12;1-6(2)10-3-7-8(4-10)11-5-9-7;3*1-2/h3-6,9H,7-8H2,1-2H3;3-5,8H,6-7H2,1-2H3;5-6H,3-4H2,1-2H3;3*1-2H3. The van der Waals surface area contributed by atoms with Crippen molar-refractivity contribution in [3.05, 3.63) is 81.1 Å². The first-order valence-corrected chi connectivity index (χ1v) is 16.8. The van der Waals surface area contributed by atoms with Gasteiger partial charge in [0.2, 0.25) is 0 Å². The van der Waals surface area contributed by atoms with E-state index in [1.54, 1.807) is 11.3 Å². The summed E-state index contributed by atoms with van der Waals surface area (Å²) >= 11 is 1.78. The van der Waals surface area contributed by atoms with Crippen molar-refractivity contribution in [1.29, 1.82) is 0 Å². The summed E-state index contributed by atoms with van der Waals surface area (Å²) in [7, 11) is 0. The van der Waals surface area contributed by atoms with Crippen LogP contribution >= 0.6 is 11.3 Å². The zero-order valence-electron chi connectivity index (χ0n) is 28.2. The highest BCUT2D eigenvalue weighted by Crippen LogP contribution is 2.26. The van der Waals surface area contributed by atoms with Crippen molar-refractivity contribution < 1.29 is 0 Å². The second-order valence-electron chi connectivity index (χ2n) is 10.6. The summed E-state index contributed by atoms with van der Waals surface area (Å²) in [4.78, 5) is 17.5. The molecule has 0 atom stereocenters. The van der Waals surface area contributed by atoms with Crippen LogP contribution in [0, 0.1) is 0 Å². The van der Waals surface area contributed by atoms with Gasteiger partial charge in [-0.05, 0) is 64.3 Å². The Hall–Kier alpha value is -2.12. The molecule has 0 amide bonds. The van der Waals surface area contributed by atoms with Crippen LogP contribution in [0.25, 0.3) is 0 Å². The maximum atomic E-state index is 4.35. The van der Waals surface area contributed by atoms with Crippen LogP contribution in [-0.2, 0) is 39.3 Å². The van der Waals surface area contributed by atoms with E-state index in [0.29, 0.717) is 18.1 Å². The first kappa shape index (κ1) is 36.9. The van der Waals surface area contributed by atoms with Gasteiger partial charge in [0.15, 0.2) is 0 Å². The molecule has 0 fully saturated rings. The maximum Gasteiger partial charge on any atom is 0.0798 e. The molecule has 0 saturated carbocycles. The number of benzene rings is 1. The number of hydrogen-bond acceptors (Lipinski definition) is 6. The number of rotatable bonds is 3. The number of pyridine rings is 1. The Bertz CT molecular complexity index is 961. The Kier molecular flexibility index (Phi) is 17.9. The second-order valence-corrected chi connectivity index (χ2v) is 11.5. The molecule has 3 aliphatic rings. The highest BCUT2D eigenvalue weighted by atomic mass is 32.1. The first-order chi connectivity index (χ1) is 19.8. The molecule has 0 unspecified atom stereocenters. The predicted molar refractivity (Wildman–Crippen MR) is 180 cm³/mol. The molecular formula is C35H59N5S. The SMILES string of the molecule is CC.CC.CC.CC(C)N1Cc2ccccc2C1.CC(C)N1Cc2cccnc2C1.CC(C)N1Cc2ncsc2C1. The van der Waals surface area contributed by atoms with Crippen molar-refractivity contribution in [2.24, 2.45) is 0 Å². The molecule has 5 heterocycles. The molecule has 3 aromatic rings. The third kappa shape index (κ3) is 11.2. The van der Waals surface area contributed by atoms with Crippen LogP contribution in [0.4, 0.5) is 0 Å². The normalized spacial score (nSPS) is 15.1. The van der Waals surface area contributed by atoms with Gasteiger partial charge in [-0.15, -0.1) is 11.3 Å². The van der Waals surface area contributed by atoms with Gasteiger partial charge in [-0.25, -0.2) is 4.98 Å². The zero-order valence-corrected chi connectivity index (χ0v) is 29.1. The van der Waals surface area contributed by atoms with E-state index >= 15 is 0 Å². The Labute approximate surface area is 257 Å². The molecule has 0 saturated heterocycles. The van der Waals surface area contributed by atoms with E-state index < -0.39 is 0 Å². The average molecular weight is 582 g/mol. The second kappa shape index (κ2) is 19.9. The lowest BCUT2D eigenvalue weighted by Crippen LogP contribution is -2.24. The van der Waals surface area contributed by atoms with Gasteiger partial charge in [0.25, 0.3) is 0 Å². The topological polar surface area (TPSA) is 35.5 Å². The Balaban J connectivity index is 0.000000282. The van der Waals surface area contributed by atoms with Crippen LogP contribution in [0.1, 0.15) is 116 Å². The molecule has 2 aromatic heterocycles. The number of thiazole rings is 1. The summed E-state index contributed by atoms with van der Waals surface area (Å²) in [6.45, 7) is 32.0. The fourth-order valence-electron chi connectivity index (χ4n) is 4.66. The van der Waals surface area contributed by atoms with Crippen LogP contribution in [-0.4, -0.2) is 42.8 Å². The van der Waals surface area contributed by atoms with Crippen molar-refractivity contribution in [3.8, 4) is 0 Å². The van der Waals surface area contributed by atoms with Gasteiger partial charge in [-0.1, -0.05) is 71.9 Å². The van der Waals surface area contributed by atoms with Crippen LogP contribution in [0.2, 0.25) is 0 Å². The van der Waals surface area contributed by atoms with Crippen LogP contribution in [0.3, 0.4) is 0 Å². The lowest BCUT2D eigenvalue weighted by molar-refractivity contribution is 0.226.